The molecule has 2 aromatic heterocycles. The fraction of sp³-hybridized carbons (Fsp3) is 0.419. The number of ether oxygens (including phenoxy) is 1. The monoisotopic (exact) mass is 555 g/mol. The van der Waals surface area contributed by atoms with Crippen molar-refractivity contribution in [2.24, 2.45) is 0 Å². The molecule has 0 spiro atoms. The van der Waals surface area contributed by atoms with Crippen LogP contribution in [0.2, 0.25) is 0 Å². The number of halogens is 2. The maximum Gasteiger partial charge on any atom is 0.394 e. The molecule has 3 aromatic rings. The summed E-state index contributed by atoms with van der Waals surface area (Å²) in [5.74, 6) is 2.19. The van der Waals surface area contributed by atoms with Crippen molar-refractivity contribution in [1.82, 2.24) is 9.88 Å². The van der Waals surface area contributed by atoms with Gasteiger partial charge in [-0.25, -0.2) is 0 Å². The van der Waals surface area contributed by atoms with Crippen LogP contribution >= 0.6 is 11.3 Å². The fourth-order valence-corrected chi connectivity index (χ4v) is 5.25. The largest absolute Gasteiger partial charge is 0.433 e. The minimum absolute atomic E-state index is 0.0000136. The second-order valence-corrected chi connectivity index (χ2v) is 9.89. The number of pyridine rings is 1. The van der Waals surface area contributed by atoms with Crippen LogP contribution in [0.1, 0.15) is 78.7 Å². The molecular formula is C31H39F2N3O2S. The van der Waals surface area contributed by atoms with Crippen molar-refractivity contribution in [3.63, 3.8) is 0 Å². The van der Waals surface area contributed by atoms with Crippen LogP contribution in [-0.2, 0) is 25.9 Å². The molecule has 0 atom stereocenters. The van der Waals surface area contributed by atoms with E-state index in [2.05, 4.69) is 45.8 Å². The number of terminal acetylenes is 1. The first-order valence-corrected chi connectivity index (χ1v) is 14.2. The lowest BCUT2D eigenvalue weighted by Gasteiger charge is -2.27. The summed E-state index contributed by atoms with van der Waals surface area (Å²) in [6.07, 6.45) is 6.02. The molecule has 5 nitrogen and oxygen atoms in total. The van der Waals surface area contributed by atoms with E-state index in [1.165, 1.54) is 28.1 Å². The van der Waals surface area contributed by atoms with Gasteiger partial charge in [0.2, 0.25) is 0 Å². The van der Waals surface area contributed by atoms with E-state index in [0.29, 0.717) is 18.2 Å². The molecule has 3 heterocycles. The van der Waals surface area contributed by atoms with Crippen LogP contribution < -0.4 is 10.1 Å². The number of carbonyl (C=O) groups excluding carboxylic acids is 1. The molecule has 1 amide bonds. The van der Waals surface area contributed by atoms with Crippen molar-refractivity contribution in [3.8, 4) is 18.1 Å². The number of aromatic nitrogens is 1. The van der Waals surface area contributed by atoms with E-state index in [1.807, 2.05) is 32.3 Å². The summed E-state index contributed by atoms with van der Waals surface area (Å²) in [7, 11) is 0. The van der Waals surface area contributed by atoms with Crippen LogP contribution in [0.15, 0.2) is 41.9 Å². The first kappa shape index (κ1) is 31.9. The molecule has 0 saturated carbocycles. The molecule has 8 heteroatoms. The second kappa shape index (κ2) is 15.3. The lowest BCUT2D eigenvalue weighted by atomic mass is 10.0. The van der Waals surface area contributed by atoms with Gasteiger partial charge in [-0.1, -0.05) is 39.8 Å². The number of thiophene rings is 1. The van der Waals surface area contributed by atoms with Gasteiger partial charge in [-0.05, 0) is 48.6 Å². The van der Waals surface area contributed by atoms with Crippen LogP contribution in [0.5, 0.6) is 5.75 Å². The number of rotatable bonds is 7. The Bertz CT molecular complexity index is 1260. The van der Waals surface area contributed by atoms with E-state index in [4.69, 9.17) is 6.42 Å². The number of hydrogen-bond donors (Lipinski definition) is 1. The van der Waals surface area contributed by atoms with Gasteiger partial charge < -0.3 is 10.1 Å². The maximum absolute atomic E-state index is 13.1. The first-order valence-electron chi connectivity index (χ1n) is 13.3. The van der Waals surface area contributed by atoms with Crippen LogP contribution in [0.4, 0.5) is 14.5 Å². The van der Waals surface area contributed by atoms with Crippen LogP contribution in [-0.4, -0.2) is 28.4 Å². The normalized spacial score (nSPS) is 12.6. The lowest BCUT2D eigenvalue weighted by molar-refractivity contribution is -0.158. The Labute approximate surface area is 235 Å². The molecule has 39 heavy (non-hydrogen) atoms. The zero-order valence-electron chi connectivity index (χ0n) is 23.7. The standard InChI is InChI=1S/C25H27F2N3O2S.C4H6.C2H6/c1-4-22-16(2)10-17(12-28-22)13-30-9-8-20-21(15-33-23(20)14-30)24(31)29-18-6-5-7-19(11-18)32-25(3,26)27;1-3-4-2;1-2/h5-7,10-12,15H,4,8-9,13-14H2,1-3H3,(H,29,31);1H,4H2,2H3;1-2H3. The van der Waals surface area contributed by atoms with Gasteiger partial charge >= 0.3 is 6.11 Å². The smallest absolute Gasteiger partial charge is 0.394 e. The molecule has 210 valence electrons. The van der Waals surface area contributed by atoms with E-state index in [-0.39, 0.29) is 11.7 Å². The zero-order chi connectivity index (χ0) is 29.0. The number of nitrogens with zero attached hydrogens (tertiary/aromatic N) is 2. The van der Waals surface area contributed by atoms with Crippen molar-refractivity contribution < 1.29 is 18.3 Å². The highest BCUT2D eigenvalue weighted by Crippen LogP contribution is 2.31. The van der Waals surface area contributed by atoms with Crippen LogP contribution in [0.25, 0.3) is 0 Å². The number of fused-ring (bicyclic) bond motifs is 1. The van der Waals surface area contributed by atoms with Crippen molar-refractivity contribution in [2.45, 2.75) is 80.0 Å². The van der Waals surface area contributed by atoms with Crippen molar-refractivity contribution in [2.75, 3.05) is 11.9 Å². The third-order valence-electron chi connectivity index (χ3n) is 5.85. The molecule has 1 aliphatic rings. The van der Waals surface area contributed by atoms with Crippen LogP contribution in [0, 0.1) is 19.3 Å². The predicted molar refractivity (Wildman–Crippen MR) is 157 cm³/mol. The zero-order valence-corrected chi connectivity index (χ0v) is 24.6. The minimum Gasteiger partial charge on any atom is -0.433 e. The molecule has 0 bridgehead atoms. The summed E-state index contributed by atoms with van der Waals surface area (Å²) < 4.78 is 30.8. The van der Waals surface area contributed by atoms with Gasteiger partial charge in [0.15, 0.2) is 0 Å². The fourth-order valence-electron chi connectivity index (χ4n) is 4.13. The number of carbonyl (C=O) groups is 1. The molecule has 1 aromatic carbocycles. The highest BCUT2D eigenvalue weighted by atomic mass is 32.1. The topological polar surface area (TPSA) is 54.5 Å². The molecule has 4 rings (SSSR count). The minimum atomic E-state index is -3.28. The Morgan fingerprint density at radius 1 is 1.28 bits per heavy atom. The third-order valence-corrected chi connectivity index (χ3v) is 6.86. The van der Waals surface area contributed by atoms with Gasteiger partial charge in [0.25, 0.3) is 5.91 Å². The Hall–Kier alpha value is -3.28. The summed E-state index contributed by atoms with van der Waals surface area (Å²) in [5, 5.41) is 4.69. The van der Waals surface area contributed by atoms with Gasteiger partial charge in [0.1, 0.15) is 5.75 Å². The number of hydrogen-bond acceptors (Lipinski definition) is 5. The second-order valence-electron chi connectivity index (χ2n) is 8.92. The molecule has 0 fully saturated rings. The van der Waals surface area contributed by atoms with Crippen molar-refractivity contribution in [1.29, 1.82) is 0 Å². The average molecular weight is 556 g/mol. The number of amides is 1. The maximum atomic E-state index is 13.1. The van der Waals surface area contributed by atoms with Gasteiger partial charge in [-0.2, -0.15) is 8.78 Å². The number of aryl methyl sites for hydroxylation is 2. The van der Waals surface area contributed by atoms with E-state index < -0.39 is 6.11 Å². The number of anilines is 1. The van der Waals surface area contributed by atoms with Gasteiger partial charge in [0, 0.05) is 66.9 Å². The van der Waals surface area contributed by atoms with Crippen LogP contribution in [0.3, 0.4) is 0 Å². The summed E-state index contributed by atoms with van der Waals surface area (Å²) in [6, 6.07) is 8.26. The van der Waals surface area contributed by atoms with Gasteiger partial charge in [-0.15, -0.1) is 23.7 Å². The Morgan fingerprint density at radius 3 is 2.62 bits per heavy atom. The molecule has 0 unspecified atom stereocenters. The molecule has 0 aliphatic carbocycles. The highest BCUT2D eigenvalue weighted by Gasteiger charge is 2.25. The Balaban J connectivity index is 0.000000815. The molecule has 1 aliphatic heterocycles. The molecule has 0 radical (unpaired) electrons. The third kappa shape index (κ3) is 9.76. The lowest BCUT2D eigenvalue weighted by Crippen LogP contribution is -2.30. The number of nitrogens with one attached hydrogen (secondary N) is 1. The number of benzene rings is 1. The predicted octanol–water partition coefficient (Wildman–Crippen LogP) is 7.87. The Kier molecular flexibility index (Phi) is 12.6. The summed E-state index contributed by atoms with van der Waals surface area (Å²) in [6.45, 7) is 13.3. The quantitative estimate of drug-likeness (QED) is 0.302. The van der Waals surface area contributed by atoms with Crippen molar-refractivity contribution >= 4 is 22.9 Å². The van der Waals surface area contributed by atoms with Crippen molar-refractivity contribution in [3.05, 3.63) is 74.7 Å². The van der Waals surface area contributed by atoms with E-state index in [9.17, 15) is 13.6 Å². The summed E-state index contributed by atoms with van der Waals surface area (Å²) in [4.78, 5) is 21.0. The molecule has 0 saturated heterocycles. The molecule has 1 N–H and O–H groups in total. The first-order chi connectivity index (χ1) is 18.6. The summed E-state index contributed by atoms with van der Waals surface area (Å²) in [5.41, 5.74) is 5.68. The van der Waals surface area contributed by atoms with Gasteiger partial charge in [0.05, 0.1) is 5.56 Å². The highest BCUT2D eigenvalue weighted by molar-refractivity contribution is 7.10. The average Bonchev–Trinajstić information content (AvgIpc) is 3.33. The van der Waals surface area contributed by atoms with Gasteiger partial charge in [-0.3, -0.25) is 14.7 Å². The SMILES string of the molecule is C#CCC.CC.CCc1ncc(CN2CCc3c(C(=O)Nc4cccc(OC(C)(F)F)c4)csc3C2)cc1C. The summed E-state index contributed by atoms with van der Waals surface area (Å²) >= 11 is 1.58. The van der Waals surface area contributed by atoms with E-state index in [1.54, 1.807) is 23.5 Å². The molecular weight excluding hydrogens is 516 g/mol. The van der Waals surface area contributed by atoms with E-state index >= 15 is 0 Å². The number of alkyl halides is 2. The Morgan fingerprint density at radius 2 is 2.00 bits per heavy atom. The van der Waals surface area contributed by atoms with E-state index in [0.717, 1.165) is 50.2 Å².